The third-order valence-electron chi connectivity index (χ3n) is 5.68. The van der Waals surface area contributed by atoms with Crippen molar-refractivity contribution in [3.8, 4) is 0 Å². The lowest BCUT2D eigenvalue weighted by Gasteiger charge is -2.34. The van der Waals surface area contributed by atoms with Crippen molar-refractivity contribution in [2.24, 2.45) is 5.92 Å². The van der Waals surface area contributed by atoms with Crippen LogP contribution in [0.5, 0.6) is 0 Å². The Morgan fingerprint density at radius 2 is 1.81 bits per heavy atom. The fraction of sp³-hybridized carbons (Fsp3) is 0.667. The highest BCUT2D eigenvalue weighted by molar-refractivity contribution is 7.98. The molecule has 1 aromatic rings. The molecule has 1 aliphatic carbocycles. The van der Waals surface area contributed by atoms with Crippen LogP contribution in [0.2, 0.25) is 0 Å². The molecule has 1 amide bonds. The van der Waals surface area contributed by atoms with Gasteiger partial charge in [0.15, 0.2) is 0 Å². The quantitative estimate of drug-likeness (QED) is 0.671. The fourth-order valence-corrected chi connectivity index (χ4v) is 4.49. The van der Waals surface area contributed by atoms with E-state index in [2.05, 4.69) is 46.1 Å². The summed E-state index contributed by atoms with van der Waals surface area (Å²) < 4.78 is 0. The lowest BCUT2D eigenvalue weighted by molar-refractivity contribution is -0.119. The number of carbonyl (C=O) groups is 1. The van der Waals surface area contributed by atoms with Gasteiger partial charge < -0.3 is 15.5 Å². The van der Waals surface area contributed by atoms with Crippen LogP contribution in [-0.4, -0.2) is 43.6 Å². The SMILES string of the molecule is CSCCCNC1CCN(c2ccc(NC(=O)C3CCCC3)cc2)CC1. The molecule has 5 heteroatoms. The van der Waals surface area contributed by atoms with Gasteiger partial charge >= 0.3 is 0 Å². The van der Waals surface area contributed by atoms with Gasteiger partial charge in [0.25, 0.3) is 0 Å². The summed E-state index contributed by atoms with van der Waals surface area (Å²) in [5, 5.41) is 6.78. The van der Waals surface area contributed by atoms with Gasteiger partial charge in [-0.25, -0.2) is 0 Å². The number of hydrogen-bond donors (Lipinski definition) is 2. The molecule has 1 saturated heterocycles. The average molecular weight is 376 g/mol. The van der Waals surface area contributed by atoms with E-state index in [0.29, 0.717) is 6.04 Å². The zero-order valence-corrected chi connectivity index (χ0v) is 16.8. The number of nitrogens with zero attached hydrogens (tertiary/aromatic N) is 1. The molecular weight excluding hydrogens is 342 g/mol. The van der Waals surface area contributed by atoms with Crippen LogP contribution < -0.4 is 15.5 Å². The first-order valence-electron chi connectivity index (χ1n) is 10.1. The summed E-state index contributed by atoms with van der Waals surface area (Å²) in [6.07, 6.45) is 10.3. The number of anilines is 2. The van der Waals surface area contributed by atoms with E-state index in [1.807, 2.05) is 11.8 Å². The van der Waals surface area contributed by atoms with E-state index >= 15 is 0 Å². The number of piperidine rings is 1. The van der Waals surface area contributed by atoms with E-state index in [4.69, 9.17) is 0 Å². The molecular formula is C21H33N3OS. The summed E-state index contributed by atoms with van der Waals surface area (Å²) in [4.78, 5) is 14.7. The molecule has 1 aromatic carbocycles. The lowest BCUT2D eigenvalue weighted by atomic mass is 10.0. The van der Waals surface area contributed by atoms with Crippen molar-refractivity contribution >= 4 is 29.0 Å². The van der Waals surface area contributed by atoms with Gasteiger partial charge in [-0.05, 0) is 74.9 Å². The molecule has 144 valence electrons. The van der Waals surface area contributed by atoms with Crippen molar-refractivity contribution in [1.29, 1.82) is 0 Å². The van der Waals surface area contributed by atoms with Crippen molar-refractivity contribution in [1.82, 2.24) is 5.32 Å². The normalized spacial score (nSPS) is 19.0. The zero-order chi connectivity index (χ0) is 18.2. The minimum atomic E-state index is 0.198. The highest BCUT2D eigenvalue weighted by Gasteiger charge is 2.23. The minimum absolute atomic E-state index is 0.198. The molecule has 4 nitrogen and oxygen atoms in total. The van der Waals surface area contributed by atoms with Gasteiger partial charge in [0.1, 0.15) is 0 Å². The van der Waals surface area contributed by atoms with Crippen molar-refractivity contribution in [2.75, 3.05) is 41.9 Å². The van der Waals surface area contributed by atoms with E-state index in [9.17, 15) is 4.79 Å². The van der Waals surface area contributed by atoms with Gasteiger partial charge in [-0.1, -0.05) is 12.8 Å². The molecule has 3 rings (SSSR count). The highest BCUT2D eigenvalue weighted by atomic mass is 32.2. The van der Waals surface area contributed by atoms with Gasteiger partial charge in [0.2, 0.25) is 5.91 Å². The summed E-state index contributed by atoms with van der Waals surface area (Å²) >= 11 is 1.92. The smallest absolute Gasteiger partial charge is 0.227 e. The molecule has 26 heavy (non-hydrogen) atoms. The Balaban J connectivity index is 1.42. The Morgan fingerprint density at radius 3 is 2.46 bits per heavy atom. The van der Waals surface area contributed by atoms with Gasteiger partial charge in [-0.2, -0.15) is 11.8 Å². The number of carbonyl (C=O) groups excluding carboxylic acids is 1. The van der Waals surface area contributed by atoms with Crippen molar-refractivity contribution in [3.63, 3.8) is 0 Å². The molecule has 1 aliphatic heterocycles. The van der Waals surface area contributed by atoms with Crippen LogP contribution in [0.25, 0.3) is 0 Å². The van der Waals surface area contributed by atoms with E-state index in [1.54, 1.807) is 0 Å². The van der Waals surface area contributed by atoms with Gasteiger partial charge in [0, 0.05) is 36.4 Å². The number of nitrogens with one attached hydrogen (secondary N) is 2. The molecule has 0 aromatic heterocycles. The van der Waals surface area contributed by atoms with Crippen LogP contribution in [0.15, 0.2) is 24.3 Å². The maximum Gasteiger partial charge on any atom is 0.227 e. The molecule has 0 radical (unpaired) electrons. The van der Waals surface area contributed by atoms with Gasteiger partial charge in [0.05, 0.1) is 0 Å². The molecule has 0 atom stereocenters. The second-order valence-corrected chi connectivity index (χ2v) is 8.56. The van der Waals surface area contributed by atoms with E-state index in [-0.39, 0.29) is 11.8 Å². The Morgan fingerprint density at radius 1 is 1.12 bits per heavy atom. The summed E-state index contributed by atoms with van der Waals surface area (Å²) in [6, 6.07) is 9.06. The summed E-state index contributed by atoms with van der Waals surface area (Å²) in [5.41, 5.74) is 2.20. The maximum absolute atomic E-state index is 12.2. The third kappa shape index (κ3) is 5.65. The maximum atomic E-state index is 12.2. The first kappa shape index (κ1) is 19.6. The van der Waals surface area contributed by atoms with Crippen LogP contribution in [0.1, 0.15) is 44.9 Å². The van der Waals surface area contributed by atoms with Crippen molar-refractivity contribution < 1.29 is 4.79 Å². The first-order chi connectivity index (χ1) is 12.8. The molecule has 2 aliphatic rings. The molecule has 0 bridgehead atoms. The summed E-state index contributed by atoms with van der Waals surface area (Å²) in [6.45, 7) is 3.35. The molecule has 1 heterocycles. The van der Waals surface area contributed by atoms with E-state index in [0.717, 1.165) is 38.2 Å². The Bertz CT molecular complexity index is 549. The van der Waals surface area contributed by atoms with Gasteiger partial charge in [-0.15, -0.1) is 0 Å². The number of hydrogen-bond acceptors (Lipinski definition) is 4. The van der Waals surface area contributed by atoms with E-state index in [1.165, 1.54) is 43.5 Å². The molecule has 2 N–H and O–H groups in total. The second kappa shape index (κ2) is 10.2. The van der Waals surface area contributed by atoms with Crippen LogP contribution >= 0.6 is 11.8 Å². The average Bonchev–Trinajstić information content (AvgIpc) is 3.21. The van der Waals surface area contributed by atoms with E-state index < -0.39 is 0 Å². The van der Waals surface area contributed by atoms with Crippen molar-refractivity contribution in [3.05, 3.63) is 24.3 Å². The Labute approximate surface area is 162 Å². The molecule has 1 saturated carbocycles. The van der Waals surface area contributed by atoms with Gasteiger partial charge in [-0.3, -0.25) is 4.79 Å². The predicted molar refractivity (Wildman–Crippen MR) is 113 cm³/mol. The second-order valence-electron chi connectivity index (χ2n) is 7.58. The third-order valence-corrected chi connectivity index (χ3v) is 6.38. The monoisotopic (exact) mass is 375 g/mol. The zero-order valence-electron chi connectivity index (χ0n) is 16.0. The standard InChI is InChI=1S/C21H33N3OS/c1-26-16-4-13-22-18-11-14-24(15-12-18)20-9-7-19(8-10-20)23-21(25)17-5-2-3-6-17/h7-10,17-18,22H,2-6,11-16H2,1H3,(H,23,25). The molecule has 0 spiro atoms. The molecule has 2 fully saturated rings. The van der Waals surface area contributed by atoms with Crippen LogP contribution in [0.3, 0.4) is 0 Å². The Hall–Kier alpha value is -1.20. The fourth-order valence-electron chi connectivity index (χ4n) is 4.05. The van der Waals surface area contributed by atoms with Crippen LogP contribution in [0.4, 0.5) is 11.4 Å². The predicted octanol–water partition coefficient (Wildman–Crippen LogP) is 4.13. The largest absolute Gasteiger partial charge is 0.371 e. The number of thioether (sulfide) groups is 1. The Kier molecular flexibility index (Phi) is 7.69. The summed E-state index contributed by atoms with van der Waals surface area (Å²) in [7, 11) is 0. The topological polar surface area (TPSA) is 44.4 Å². The van der Waals surface area contributed by atoms with Crippen LogP contribution in [0, 0.1) is 5.92 Å². The minimum Gasteiger partial charge on any atom is -0.371 e. The summed E-state index contributed by atoms with van der Waals surface area (Å²) in [5.74, 6) is 1.66. The first-order valence-corrected chi connectivity index (χ1v) is 11.5. The number of benzene rings is 1. The van der Waals surface area contributed by atoms with Crippen LogP contribution in [-0.2, 0) is 4.79 Å². The van der Waals surface area contributed by atoms with Crippen molar-refractivity contribution in [2.45, 2.75) is 51.0 Å². The lowest BCUT2D eigenvalue weighted by Crippen LogP contribution is -2.42. The highest BCUT2D eigenvalue weighted by Crippen LogP contribution is 2.27. The number of amides is 1. The molecule has 0 unspecified atom stereocenters. The number of rotatable bonds is 8.